The largest absolute Gasteiger partial charge is 0.255 e. The van der Waals surface area contributed by atoms with Crippen LogP contribution >= 0.6 is 0 Å². The van der Waals surface area contributed by atoms with Crippen LogP contribution in [0.25, 0.3) is 55.9 Å². The first-order valence-electron chi connectivity index (χ1n) is 11.7. The molecule has 38 heavy (non-hydrogen) atoms. The topological polar surface area (TPSA) is 25.8 Å². The van der Waals surface area contributed by atoms with Gasteiger partial charge in [0.15, 0.2) is 0 Å². The van der Waals surface area contributed by atoms with Crippen molar-refractivity contribution in [1.82, 2.24) is 9.97 Å². The molecule has 6 rings (SSSR count). The van der Waals surface area contributed by atoms with E-state index in [0.29, 0.717) is 0 Å². The molecule has 176 valence electrons. The van der Waals surface area contributed by atoms with Gasteiger partial charge in [-0.3, -0.25) is 9.97 Å². The normalized spacial score (nSPS) is 10.2. The Balaban J connectivity index is 0.00000168. The second kappa shape index (κ2) is 13.4. The molecule has 2 aromatic heterocycles. The van der Waals surface area contributed by atoms with Crippen LogP contribution in [0.1, 0.15) is 0 Å². The SMILES string of the molecule is [Y].[Y].[c-]1ccccc1-c1[c-]cc(-c2ccnc(-c3cc(-c4c[c-]c(-c5[c-]cccc5)cc4)ccn3)c2)cc1. The van der Waals surface area contributed by atoms with Crippen molar-refractivity contribution in [3.63, 3.8) is 0 Å². The van der Waals surface area contributed by atoms with Gasteiger partial charge in [0.1, 0.15) is 0 Å². The molecule has 0 N–H and O–H groups in total. The van der Waals surface area contributed by atoms with Gasteiger partial charge in [-0.1, -0.05) is 11.1 Å². The van der Waals surface area contributed by atoms with Gasteiger partial charge in [-0.05, 0) is 24.3 Å². The van der Waals surface area contributed by atoms with Crippen molar-refractivity contribution in [3.05, 3.63) is 146 Å². The van der Waals surface area contributed by atoms with Crippen LogP contribution in [0.4, 0.5) is 0 Å². The summed E-state index contributed by atoms with van der Waals surface area (Å²) >= 11 is 0. The summed E-state index contributed by atoms with van der Waals surface area (Å²) in [5, 5.41) is 0. The summed E-state index contributed by atoms with van der Waals surface area (Å²) < 4.78 is 0. The zero-order chi connectivity index (χ0) is 24.2. The van der Waals surface area contributed by atoms with Crippen molar-refractivity contribution >= 4 is 0 Å². The van der Waals surface area contributed by atoms with Gasteiger partial charge in [-0.2, -0.15) is 72.8 Å². The van der Waals surface area contributed by atoms with Crippen LogP contribution in [0, 0.1) is 24.3 Å². The van der Waals surface area contributed by atoms with E-state index >= 15 is 0 Å². The van der Waals surface area contributed by atoms with Gasteiger partial charge in [-0.25, -0.2) is 22.3 Å². The molecule has 2 radical (unpaired) electrons. The average molecular weight is 634 g/mol. The minimum absolute atomic E-state index is 0. The second-order valence-electron chi connectivity index (χ2n) is 8.39. The second-order valence-corrected chi connectivity index (χ2v) is 8.39. The van der Waals surface area contributed by atoms with E-state index in [9.17, 15) is 0 Å². The smallest absolute Gasteiger partial charge is 0.0884 e. The van der Waals surface area contributed by atoms with Gasteiger partial charge < -0.3 is 0 Å². The molecule has 0 aliphatic rings. The summed E-state index contributed by atoms with van der Waals surface area (Å²) in [6.45, 7) is 0. The number of hydrogen-bond acceptors (Lipinski definition) is 2. The molecule has 0 bridgehead atoms. The molecule has 0 saturated heterocycles. The first-order valence-corrected chi connectivity index (χ1v) is 11.7. The van der Waals surface area contributed by atoms with Gasteiger partial charge in [0.25, 0.3) is 0 Å². The van der Waals surface area contributed by atoms with Crippen LogP contribution in [0.15, 0.2) is 122 Å². The Morgan fingerprint density at radius 3 is 1.24 bits per heavy atom. The number of nitrogens with zero attached hydrogens (tertiary/aromatic N) is 2. The quantitative estimate of drug-likeness (QED) is 0.180. The summed E-state index contributed by atoms with van der Waals surface area (Å²) in [5.41, 5.74) is 10.1. The third kappa shape index (κ3) is 6.50. The maximum absolute atomic E-state index is 4.60. The molecule has 0 unspecified atom stereocenters. The summed E-state index contributed by atoms with van der Waals surface area (Å²) in [5.74, 6) is 0. The number of hydrogen-bond donors (Lipinski definition) is 0. The number of pyridine rings is 2. The minimum atomic E-state index is 0. The molecule has 0 fully saturated rings. The van der Waals surface area contributed by atoms with Crippen molar-refractivity contribution in [1.29, 1.82) is 0 Å². The van der Waals surface area contributed by atoms with E-state index in [0.717, 1.165) is 55.9 Å². The van der Waals surface area contributed by atoms with E-state index in [1.54, 1.807) is 0 Å². The maximum Gasteiger partial charge on any atom is 0.0884 e. The zero-order valence-corrected chi connectivity index (χ0v) is 26.3. The van der Waals surface area contributed by atoms with Crippen molar-refractivity contribution < 1.29 is 65.4 Å². The minimum Gasteiger partial charge on any atom is -0.255 e. The standard InChI is InChI=1S/C34H20N2.2Y/c1-3-7-25(8-4-1)27-11-15-29(16-12-27)31-19-21-35-33(23-31)34-24-32(20-22-36-34)30-17-13-28(14-18-30)26-9-5-2-6-10-26;;/h1-7,9,11,13,15-24H;;/q-4;;. The molecule has 0 saturated carbocycles. The Hall–Kier alpha value is -2.61. The van der Waals surface area contributed by atoms with Crippen LogP contribution in [-0.2, 0) is 65.4 Å². The average Bonchev–Trinajstić information content (AvgIpc) is 2.98. The van der Waals surface area contributed by atoms with E-state index in [1.807, 2.05) is 85.2 Å². The molecule has 2 heterocycles. The van der Waals surface area contributed by atoms with E-state index in [-0.39, 0.29) is 65.4 Å². The molecule has 0 atom stereocenters. The van der Waals surface area contributed by atoms with Crippen molar-refractivity contribution in [2.24, 2.45) is 0 Å². The van der Waals surface area contributed by atoms with Crippen molar-refractivity contribution in [2.45, 2.75) is 0 Å². The van der Waals surface area contributed by atoms with Crippen LogP contribution in [0.2, 0.25) is 0 Å². The summed E-state index contributed by atoms with van der Waals surface area (Å²) in [7, 11) is 0. The summed E-state index contributed by atoms with van der Waals surface area (Å²) in [4.78, 5) is 9.20. The molecule has 0 amide bonds. The Labute approximate surface area is 274 Å². The van der Waals surface area contributed by atoms with Crippen LogP contribution < -0.4 is 0 Å². The molecule has 6 aromatic rings. The fourth-order valence-corrected chi connectivity index (χ4v) is 4.17. The van der Waals surface area contributed by atoms with E-state index in [4.69, 9.17) is 0 Å². The van der Waals surface area contributed by atoms with Crippen LogP contribution in [0.5, 0.6) is 0 Å². The molecular weight excluding hydrogens is 614 g/mol. The van der Waals surface area contributed by atoms with E-state index in [1.165, 1.54) is 0 Å². The fourth-order valence-electron chi connectivity index (χ4n) is 4.17. The third-order valence-corrected chi connectivity index (χ3v) is 6.07. The zero-order valence-electron chi connectivity index (χ0n) is 20.6. The van der Waals surface area contributed by atoms with Gasteiger partial charge in [0.2, 0.25) is 0 Å². The molecular formula is C34H20N2Y2-4. The molecule has 4 heteroatoms. The first kappa shape index (κ1) is 28.4. The summed E-state index contributed by atoms with van der Waals surface area (Å²) in [6.07, 6.45) is 3.66. The van der Waals surface area contributed by atoms with Crippen molar-refractivity contribution in [2.75, 3.05) is 0 Å². The van der Waals surface area contributed by atoms with Crippen LogP contribution in [0.3, 0.4) is 0 Å². The Bertz CT molecular complexity index is 1470. The predicted molar refractivity (Wildman–Crippen MR) is 145 cm³/mol. The maximum atomic E-state index is 4.60. The Morgan fingerprint density at radius 1 is 0.421 bits per heavy atom. The number of benzene rings is 4. The molecule has 4 aromatic carbocycles. The Kier molecular flexibility index (Phi) is 10.1. The number of rotatable bonds is 5. The molecule has 0 spiro atoms. The monoisotopic (exact) mass is 634 g/mol. The van der Waals surface area contributed by atoms with Crippen molar-refractivity contribution in [3.8, 4) is 55.9 Å². The molecule has 0 aliphatic heterocycles. The fraction of sp³-hybridized carbons (Fsp3) is 0. The number of aromatic nitrogens is 2. The van der Waals surface area contributed by atoms with Crippen LogP contribution in [-0.4, -0.2) is 9.97 Å². The molecule has 2 nitrogen and oxygen atoms in total. The van der Waals surface area contributed by atoms with Gasteiger partial charge in [0.05, 0.1) is 11.4 Å². The first-order chi connectivity index (χ1) is 17.8. The van der Waals surface area contributed by atoms with Gasteiger partial charge in [-0.15, -0.1) is 47.5 Å². The van der Waals surface area contributed by atoms with E-state index in [2.05, 4.69) is 70.6 Å². The van der Waals surface area contributed by atoms with Gasteiger partial charge in [0, 0.05) is 77.8 Å². The third-order valence-electron chi connectivity index (χ3n) is 6.07. The van der Waals surface area contributed by atoms with Gasteiger partial charge >= 0.3 is 0 Å². The Morgan fingerprint density at radius 2 is 0.868 bits per heavy atom. The predicted octanol–water partition coefficient (Wildman–Crippen LogP) is 8.01. The molecule has 0 aliphatic carbocycles. The summed E-state index contributed by atoms with van der Waals surface area (Å²) in [6, 6.07) is 49.7. The van der Waals surface area contributed by atoms with E-state index < -0.39 is 0 Å².